The summed E-state index contributed by atoms with van der Waals surface area (Å²) >= 11 is 5.64. The van der Waals surface area contributed by atoms with Crippen molar-refractivity contribution in [3.8, 4) is 0 Å². The Morgan fingerprint density at radius 3 is 2.95 bits per heavy atom. The van der Waals surface area contributed by atoms with E-state index in [2.05, 4.69) is 4.98 Å². The predicted molar refractivity (Wildman–Crippen MR) is 79.0 cm³/mol. The molecule has 0 aromatic carbocycles. The Labute approximate surface area is 134 Å². The maximum absolute atomic E-state index is 12.0. The fraction of sp³-hybridized carbons (Fsp3) is 0.538. The van der Waals surface area contributed by atoms with Gasteiger partial charge in [-0.05, 0) is 31.9 Å². The largest absolute Gasteiger partial charge is 0.376 e. The molecule has 22 heavy (non-hydrogen) atoms. The first-order valence-corrected chi connectivity index (χ1v) is 8.66. The van der Waals surface area contributed by atoms with Crippen LogP contribution in [0.2, 0.25) is 5.02 Å². The summed E-state index contributed by atoms with van der Waals surface area (Å²) < 4.78 is 36.6. The van der Waals surface area contributed by atoms with Gasteiger partial charge in [0.25, 0.3) is 15.9 Å². The molecule has 0 bridgehead atoms. The number of hydrogen-bond acceptors (Lipinski definition) is 6. The molecule has 0 unspecified atom stereocenters. The van der Waals surface area contributed by atoms with Crippen molar-refractivity contribution >= 4 is 27.5 Å². The lowest BCUT2D eigenvalue weighted by Crippen LogP contribution is -2.39. The summed E-state index contributed by atoms with van der Waals surface area (Å²) in [7, 11) is -4.04. The van der Waals surface area contributed by atoms with Crippen LogP contribution in [0.3, 0.4) is 0 Å². The van der Waals surface area contributed by atoms with Crippen molar-refractivity contribution in [2.45, 2.75) is 37.0 Å². The van der Waals surface area contributed by atoms with Gasteiger partial charge in [0.2, 0.25) is 0 Å². The van der Waals surface area contributed by atoms with Gasteiger partial charge >= 0.3 is 0 Å². The minimum atomic E-state index is -4.04. The van der Waals surface area contributed by atoms with Crippen LogP contribution in [-0.4, -0.2) is 44.7 Å². The number of sulfonamides is 1. The number of carbonyl (C=O) groups is 1. The second-order valence-electron chi connectivity index (χ2n) is 4.89. The van der Waals surface area contributed by atoms with E-state index >= 15 is 0 Å². The van der Waals surface area contributed by atoms with Crippen LogP contribution in [0, 0.1) is 0 Å². The van der Waals surface area contributed by atoms with Gasteiger partial charge in [0.1, 0.15) is 6.10 Å². The van der Waals surface area contributed by atoms with Gasteiger partial charge in [0.05, 0.1) is 17.7 Å². The van der Waals surface area contributed by atoms with E-state index in [4.69, 9.17) is 21.1 Å². The first-order valence-electron chi connectivity index (χ1n) is 6.80. The van der Waals surface area contributed by atoms with Crippen LogP contribution in [0.15, 0.2) is 23.4 Å². The molecule has 1 N–H and O–H groups in total. The number of hydrogen-bond donors (Lipinski definition) is 1. The zero-order chi connectivity index (χ0) is 16.2. The molecule has 1 aliphatic rings. The van der Waals surface area contributed by atoms with Gasteiger partial charge in [-0.3, -0.25) is 4.79 Å². The highest BCUT2D eigenvalue weighted by molar-refractivity contribution is 7.90. The molecule has 1 aliphatic heterocycles. The van der Waals surface area contributed by atoms with Crippen LogP contribution >= 0.6 is 11.6 Å². The monoisotopic (exact) mass is 348 g/mol. The number of halogens is 1. The van der Waals surface area contributed by atoms with Crippen molar-refractivity contribution in [2.75, 3.05) is 13.2 Å². The van der Waals surface area contributed by atoms with Crippen molar-refractivity contribution < 1.29 is 22.7 Å². The molecular formula is C13H17ClN2O5S. The summed E-state index contributed by atoms with van der Waals surface area (Å²) in [5, 5.41) is 0.0233. The Hall–Kier alpha value is -1.22. The molecule has 1 fully saturated rings. The third kappa shape index (κ3) is 4.64. The minimum absolute atomic E-state index is 0.0372. The lowest BCUT2D eigenvalue weighted by molar-refractivity contribution is -0.131. The molecule has 9 heteroatoms. The number of nitrogens with one attached hydrogen (secondary N) is 1. The van der Waals surface area contributed by atoms with Crippen molar-refractivity contribution in [1.29, 1.82) is 0 Å². The van der Waals surface area contributed by atoms with Crippen LogP contribution in [0.4, 0.5) is 0 Å². The van der Waals surface area contributed by atoms with E-state index in [9.17, 15) is 13.2 Å². The number of aromatic nitrogens is 1. The van der Waals surface area contributed by atoms with Gasteiger partial charge in [-0.1, -0.05) is 11.6 Å². The highest BCUT2D eigenvalue weighted by atomic mass is 35.5. The van der Waals surface area contributed by atoms with E-state index in [0.717, 1.165) is 12.8 Å². The molecule has 1 aromatic heterocycles. The number of rotatable bonds is 6. The smallest absolute Gasteiger partial charge is 0.281 e. The van der Waals surface area contributed by atoms with E-state index in [-0.39, 0.29) is 17.7 Å². The number of pyridine rings is 1. The van der Waals surface area contributed by atoms with Crippen molar-refractivity contribution in [1.82, 2.24) is 9.71 Å². The third-order valence-corrected chi connectivity index (χ3v) is 4.62. The SMILES string of the molecule is C[C@H](OC[C@@H]1CCCO1)C(=O)NS(=O)(=O)c1ccc(Cl)cn1. The van der Waals surface area contributed by atoms with Crippen LogP contribution in [0.25, 0.3) is 0 Å². The van der Waals surface area contributed by atoms with E-state index in [1.165, 1.54) is 25.3 Å². The molecule has 1 aromatic rings. The Morgan fingerprint density at radius 1 is 1.59 bits per heavy atom. The van der Waals surface area contributed by atoms with E-state index in [1.807, 2.05) is 4.72 Å². The van der Waals surface area contributed by atoms with Crippen LogP contribution in [0.1, 0.15) is 19.8 Å². The number of carbonyl (C=O) groups excluding carboxylic acids is 1. The lowest BCUT2D eigenvalue weighted by atomic mass is 10.2. The van der Waals surface area contributed by atoms with Crippen LogP contribution < -0.4 is 4.72 Å². The zero-order valence-corrected chi connectivity index (χ0v) is 13.6. The lowest BCUT2D eigenvalue weighted by Gasteiger charge is -2.16. The van der Waals surface area contributed by atoms with Crippen molar-refractivity contribution in [2.24, 2.45) is 0 Å². The minimum Gasteiger partial charge on any atom is -0.376 e. The molecular weight excluding hydrogens is 332 g/mol. The molecule has 0 radical (unpaired) electrons. The van der Waals surface area contributed by atoms with Gasteiger partial charge in [0.15, 0.2) is 5.03 Å². The summed E-state index contributed by atoms with van der Waals surface area (Å²) in [5.74, 6) is -0.755. The van der Waals surface area contributed by atoms with E-state index < -0.39 is 22.0 Å². The molecule has 1 saturated heterocycles. The van der Waals surface area contributed by atoms with E-state index in [0.29, 0.717) is 11.6 Å². The first kappa shape index (κ1) is 17.1. The highest BCUT2D eigenvalue weighted by Gasteiger charge is 2.24. The predicted octanol–water partition coefficient (Wildman–Crippen LogP) is 1.12. The molecule has 0 saturated carbocycles. The fourth-order valence-electron chi connectivity index (χ4n) is 1.89. The molecule has 2 atom stereocenters. The standard InChI is InChI=1S/C13H17ClN2O5S/c1-9(21-8-11-3-2-6-20-11)13(17)16-22(18,19)12-5-4-10(14)7-15-12/h4-5,7,9,11H,2-3,6,8H2,1H3,(H,16,17)/t9-,11-/m0/s1. The Balaban J connectivity index is 1.90. The summed E-state index contributed by atoms with van der Waals surface area (Å²) in [5.41, 5.74) is 0. The molecule has 1 amide bonds. The first-order chi connectivity index (χ1) is 10.4. The fourth-order valence-corrected chi connectivity index (χ4v) is 2.98. The van der Waals surface area contributed by atoms with Crippen LogP contribution in [-0.2, 0) is 24.3 Å². The quantitative estimate of drug-likeness (QED) is 0.828. The van der Waals surface area contributed by atoms with E-state index in [1.54, 1.807) is 0 Å². The average molecular weight is 349 g/mol. The summed E-state index contributed by atoms with van der Waals surface area (Å²) in [6.45, 7) is 2.42. The number of amides is 1. The topological polar surface area (TPSA) is 94.6 Å². The zero-order valence-electron chi connectivity index (χ0n) is 12.0. The maximum atomic E-state index is 12.0. The second kappa shape index (κ2) is 7.36. The maximum Gasteiger partial charge on any atom is 0.281 e. The molecule has 0 spiro atoms. The third-order valence-electron chi connectivity index (χ3n) is 3.14. The van der Waals surface area contributed by atoms with Gasteiger partial charge in [-0.2, -0.15) is 8.42 Å². The Morgan fingerprint density at radius 2 is 2.36 bits per heavy atom. The van der Waals surface area contributed by atoms with Gasteiger partial charge in [-0.25, -0.2) is 9.71 Å². The summed E-state index contributed by atoms with van der Waals surface area (Å²) in [6.07, 6.45) is 2.08. The number of nitrogens with zero attached hydrogens (tertiary/aromatic N) is 1. The second-order valence-corrected chi connectivity index (χ2v) is 6.96. The average Bonchev–Trinajstić information content (AvgIpc) is 2.98. The molecule has 7 nitrogen and oxygen atoms in total. The van der Waals surface area contributed by atoms with Crippen molar-refractivity contribution in [3.05, 3.63) is 23.4 Å². The van der Waals surface area contributed by atoms with Crippen molar-refractivity contribution in [3.63, 3.8) is 0 Å². The molecule has 0 aliphatic carbocycles. The van der Waals surface area contributed by atoms with Crippen LogP contribution in [0.5, 0.6) is 0 Å². The molecule has 2 heterocycles. The Bertz CT molecular complexity index is 614. The van der Waals surface area contributed by atoms with Gasteiger partial charge in [0, 0.05) is 12.8 Å². The highest BCUT2D eigenvalue weighted by Crippen LogP contribution is 2.13. The van der Waals surface area contributed by atoms with Gasteiger partial charge in [-0.15, -0.1) is 0 Å². The molecule has 2 rings (SSSR count). The number of ether oxygens (including phenoxy) is 2. The Kier molecular flexibility index (Phi) is 5.74. The van der Waals surface area contributed by atoms with Gasteiger partial charge < -0.3 is 9.47 Å². The summed E-state index contributed by atoms with van der Waals surface area (Å²) in [4.78, 5) is 15.6. The molecule has 122 valence electrons. The summed E-state index contributed by atoms with van der Waals surface area (Å²) in [6, 6.07) is 2.60. The normalized spacial score (nSPS) is 19.8.